The fourth-order valence-corrected chi connectivity index (χ4v) is 1.15. The van der Waals surface area contributed by atoms with Gasteiger partial charge in [0.05, 0.1) is 10.6 Å². The second-order valence-electron chi connectivity index (χ2n) is 2.72. The van der Waals surface area contributed by atoms with Crippen LogP contribution >= 0.6 is 11.6 Å². The summed E-state index contributed by atoms with van der Waals surface area (Å²) in [6.45, 7) is 1.86. The molecule has 4 heteroatoms. The van der Waals surface area contributed by atoms with Gasteiger partial charge in [-0.05, 0) is 25.1 Å². The van der Waals surface area contributed by atoms with Crippen molar-refractivity contribution in [2.45, 2.75) is 6.92 Å². The minimum atomic E-state index is -0.318. The third-order valence-corrected chi connectivity index (χ3v) is 1.97. The van der Waals surface area contributed by atoms with Crippen molar-refractivity contribution in [2.24, 2.45) is 5.10 Å². The van der Waals surface area contributed by atoms with E-state index < -0.39 is 0 Å². The molecule has 0 aliphatic heterocycles. The van der Waals surface area contributed by atoms with Gasteiger partial charge >= 0.3 is 0 Å². The van der Waals surface area contributed by atoms with E-state index in [0.717, 1.165) is 0 Å². The number of hydrazone groups is 1. The lowest BCUT2D eigenvalue weighted by atomic mass is 10.2. The molecule has 0 atom stereocenters. The van der Waals surface area contributed by atoms with Crippen LogP contribution in [0, 0.1) is 0 Å². The molecule has 0 aliphatic rings. The van der Waals surface area contributed by atoms with Crippen LogP contribution in [0.5, 0.6) is 0 Å². The minimum absolute atomic E-state index is 0.318. The molecule has 0 aromatic heterocycles. The maximum Gasteiger partial charge on any atom is 0.272 e. The van der Waals surface area contributed by atoms with Crippen LogP contribution in [0.4, 0.5) is 0 Å². The molecular formula is C11H11ClN2O. The molecule has 3 nitrogen and oxygen atoms in total. The lowest BCUT2D eigenvalue weighted by Gasteiger charge is -2.00. The maximum absolute atomic E-state index is 11.5. The van der Waals surface area contributed by atoms with E-state index >= 15 is 0 Å². The predicted octanol–water partition coefficient (Wildman–Crippen LogP) is 2.63. The van der Waals surface area contributed by atoms with Crippen LogP contribution < -0.4 is 5.43 Å². The van der Waals surface area contributed by atoms with E-state index in [2.05, 4.69) is 10.5 Å². The van der Waals surface area contributed by atoms with Gasteiger partial charge in [0.15, 0.2) is 0 Å². The summed E-state index contributed by atoms with van der Waals surface area (Å²) in [5.41, 5.74) is 2.78. The molecule has 0 saturated heterocycles. The van der Waals surface area contributed by atoms with E-state index in [-0.39, 0.29) is 5.91 Å². The Balaban J connectivity index is 2.66. The van der Waals surface area contributed by atoms with Crippen LogP contribution in [0.2, 0.25) is 5.02 Å². The number of amides is 1. The number of halogens is 1. The molecule has 0 spiro atoms. The number of benzene rings is 1. The summed E-state index contributed by atoms with van der Waals surface area (Å²) in [6.07, 6.45) is 5.02. The number of nitrogens with one attached hydrogen (secondary N) is 1. The Bertz CT molecular complexity index is 399. The molecular weight excluding hydrogens is 212 g/mol. The first-order chi connectivity index (χ1) is 7.25. The lowest BCUT2D eigenvalue weighted by molar-refractivity contribution is 0.0955. The first-order valence-corrected chi connectivity index (χ1v) is 4.82. The summed E-state index contributed by atoms with van der Waals surface area (Å²) < 4.78 is 0. The van der Waals surface area contributed by atoms with E-state index in [9.17, 15) is 4.79 Å². The molecule has 0 heterocycles. The Hall–Kier alpha value is -1.61. The highest BCUT2D eigenvalue weighted by molar-refractivity contribution is 6.33. The van der Waals surface area contributed by atoms with Gasteiger partial charge in [-0.15, -0.1) is 0 Å². The fourth-order valence-electron chi connectivity index (χ4n) is 0.931. The number of nitrogens with zero attached hydrogens (tertiary/aromatic N) is 1. The van der Waals surface area contributed by atoms with Crippen molar-refractivity contribution in [1.29, 1.82) is 0 Å². The highest BCUT2D eigenvalue weighted by Crippen LogP contribution is 2.14. The van der Waals surface area contributed by atoms with Crippen molar-refractivity contribution in [1.82, 2.24) is 5.43 Å². The topological polar surface area (TPSA) is 41.5 Å². The van der Waals surface area contributed by atoms with Gasteiger partial charge in [-0.2, -0.15) is 5.10 Å². The average Bonchev–Trinajstić information content (AvgIpc) is 2.25. The van der Waals surface area contributed by atoms with Gasteiger partial charge in [0.1, 0.15) is 0 Å². The molecule has 0 saturated carbocycles. The van der Waals surface area contributed by atoms with Crippen molar-refractivity contribution in [3.63, 3.8) is 0 Å². The molecule has 0 aliphatic carbocycles. The van der Waals surface area contributed by atoms with E-state index in [1.807, 2.05) is 13.0 Å². The van der Waals surface area contributed by atoms with Crippen LogP contribution in [0.1, 0.15) is 17.3 Å². The molecule has 0 radical (unpaired) electrons. The minimum Gasteiger partial charge on any atom is -0.267 e. The van der Waals surface area contributed by atoms with Crippen LogP contribution in [0.15, 0.2) is 41.5 Å². The Morgan fingerprint density at radius 1 is 1.47 bits per heavy atom. The summed E-state index contributed by atoms with van der Waals surface area (Å²) in [5, 5.41) is 4.12. The highest BCUT2D eigenvalue weighted by atomic mass is 35.5. The first-order valence-electron chi connectivity index (χ1n) is 4.45. The van der Waals surface area contributed by atoms with Gasteiger partial charge < -0.3 is 0 Å². The van der Waals surface area contributed by atoms with Crippen LogP contribution in [-0.2, 0) is 0 Å². The van der Waals surface area contributed by atoms with Gasteiger partial charge in [-0.3, -0.25) is 4.79 Å². The smallest absolute Gasteiger partial charge is 0.267 e. The van der Waals surface area contributed by atoms with Crippen LogP contribution in [0.3, 0.4) is 0 Å². The molecule has 1 N–H and O–H groups in total. The van der Waals surface area contributed by atoms with Crippen LogP contribution in [-0.4, -0.2) is 12.1 Å². The largest absolute Gasteiger partial charge is 0.272 e. The number of allylic oxidation sites excluding steroid dienone is 2. The molecule has 0 unspecified atom stereocenters. The Kier molecular flexibility index (Phi) is 4.57. The van der Waals surface area contributed by atoms with Crippen molar-refractivity contribution < 1.29 is 4.79 Å². The number of hydrogen-bond donors (Lipinski definition) is 1. The Morgan fingerprint density at radius 2 is 2.20 bits per heavy atom. The zero-order valence-electron chi connectivity index (χ0n) is 8.27. The third kappa shape index (κ3) is 3.56. The second-order valence-corrected chi connectivity index (χ2v) is 3.13. The zero-order chi connectivity index (χ0) is 11.1. The number of carbonyl (C=O) groups excluding carboxylic acids is 1. The molecule has 1 rings (SSSR count). The molecule has 0 fully saturated rings. The van der Waals surface area contributed by atoms with Crippen molar-refractivity contribution in [3.05, 3.63) is 47.0 Å². The quantitative estimate of drug-likeness (QED) is 0.620. The Labute approximate surface area is 93.4 Å². The van der Waals surface area contributed by atoms with E-state index in [1.54, 1.807) is 30.3 Å². The van der Waals surface area contributed by atoms with Gasteiger partial charge in [0.25, 0.3) is 5.91 Å². The summed E-state index contributed by atoms with van der Waals surface area (Å²) in [4.78, 5) is 11.5. The standard InChI is InChI=1S/C11H11ClN2O/c1-2-3-8-13-14-11(15)9-6-4-5-7-10(9)12/h2-8H,1H3,(H,14,15). The second kappa shape index (κ2) is 5.98. The summed E-state index contributed by atoms with van der Waals surface area (Å²) in [5.74, 6) is -0.318. The summed E-state index contributed by atoms with van der Waals surface area (Å²) in [6, 6.07) is 6.81. The number of hydrogen-bond acceptors (Lipinski definition) is 2. The van der Waals surface area contributed by atoms with Gasteiger partial charge in [0.2, 0.25) is 0 Å². The maximum atomic E-state index is 11.5. The number of rotatable bonds is 3. The first kappa shape index (κ1) is 11.5. The van der Waals surface area contributed by atoms with Crippen molar-refractivity contribution in [3.8, 4) is 0 Å². The van der Waals surface area contributed by atoms with E-state index in [4.69, 9.17) is 11.6 Å². The Morgan fingerprint density at radius 3 is 2.87 bits per heavy atom. The molecule has 1 amide bonds. The van der Waals surface area contributed by atoms with Crippen molar-refractivity contribution in [2.75, 3.05) is 0 Å². The normalized spacial score (nSPS) is 11.1. The predicted molar refractivity (Wildman–Crippen MR) is 62.2 cm³/mol. The van der Waals surface area contributed by atoms with Gasteiger partial charge in [0, 0.05) is 6.21 Å². The third-order valence-electron chi connectivity index (χ3n) is 1.64. The van der Waals surface area contributed by atoms with E-state index in [1.165, 1.54) is 6.21 Å². The molecule has 0 bridgehead atoms. The monoisotopic (exact) mass is 222 g/mol. The number of carbonyl (C=O) groups is 1. The highest BCUT2D eigenvalue weighted by Gasteiger charge is 2.07. The molecule has 15 heavy (non-hydrogen) atoms. The molecule has 78 valence electrons. The lowest BCUT2D eigenvalue weighted by Crippen LogP contribution is -2.17. The van der Waals surface area contributed by atoms with E-state index in [0.29, 0.717) is 10.6 Å². The SMILES string of the molecule is CC=CC=NNC(=O)c1ccccc1Cl. The molecule has 1 aromatic carbocycles. The zero-order valence-corrected chi connectivity index (χ0v) is 9.03. The summed E-state index contributed by atoms with van der Waals surface area (Å²) in [7, 11) is 0. The van der Waals surface area contributed by atoms with Crippen LogP contribution in [0.25, 0.3) is 0 Å². The molecule has 1 aromatic rings. The fraction of sp³-hybridized carbons (Fsp3) is 0.0909. The van der Waals surface area contributed by atoms with Crippen molar-refractivity contribution >= 4 is 23.7 Å². The average molecular weight is 223 g/mol. The van der Waals surface area contributed by atoms with Gasteiger partial charge in [-0.25, -0.2) is 5.43 Å². The van der Waals surface area contributed by atoms with Gasteiger partial charge in [-0.1, -0.05) is 29.8 Å². The summed E-state index contributed by atoms with van der Waals surface area (Å²) >= 11 is 5.83.